The molecule has 1 aromatic carbocycles. The Bertz CT molecular complexity index is 946. The molecular formula is C20H20BrNO5. The standard InChI is InChI=1S/C20H20BrNO5/c1-10-17(18(21)11(2)26-10)20(25)27-12(3)19(24)15-5-6-16-14(9-15)7-8-22(16)13(4)23/h5-6,9,12H,7-8H2,1-4H3/t12-/m1/s1. The molecule has 142 valence electrons. The first-order chi connectivity index (χ1) is 12.7. The van der Waals surface area contributed by atoms with Crippen LogP contribution in [0.2, 0.25) is 0 Å². The van der Waals surface area contributed by atoms with E-state index in [4.69, 9.17) is 9.15 Å². The van der Waals surface area contributed by atoms with Gasteiger partial charge in [-0.25, -0.2) is 4.79 Å². The fourth-order valence-corrected chi connectivity index (χ4v) is 3.80. The molecule has 1 aromatic heterocycles. The molecule has 0 radical (unpaired) electrons. The molecule has 0 aliphatic carbocycles. The van der Waals surface area contributed by atoms with Crippen molar-refractivity contribution in [3.8, 4) is 0 Å². The van der Waals surface area contributed by atoms with Crippen LogP contribution in [0.15, 0.2) is 27.1 Å². The first-order valence-electron chi connectivity index (χ1n) is 8.62. The predicted molar refractivity (Wildman–Crippen MR) is 103 cm³/mol. The molecule has 0 bridgehead atoms. The van der Waals surface area contributed by atoms with E-state index in [0.29, 0.717) is 40.1 Å². The van der Waals surface area contributed by atoms with Crippen LogP contribution in [-0.4, -0.2) is 30.3 Å². The predicted octanol–water partition coefficient (Wildman–Crippen LogP) is 4.00. The van der Waals surface area contributed by atoms with Gasteiger partial charge in [-0.15, -0.1) is 0 Å². The third kappa shape index (κ3) is 3.56. The summed E-state index contributed by atoms with van der Waals surface area (Å²) >= 11 is 3.31. The van der Waals surface area contributed by atoms with Crippen LogP contribution in [-0.2, 0) is 16.0 Å². The zero-order valence-corrected chi connectivity index (χ0v) is 17.2. The minimum Gasteiger partial charge on any atom is -0.465 e. The minimum atomic E-state index is -0.942. The normalized spacial score (nSPS) is 14.0. The molecule has 0 spiro atoms. The molecule has 0 saturated heterocycles. The summed E-state index contributed by atoms with van der Waals surface area (Å²) in [7, 11) is 0. The number of amides is 1. The lowest BCUT2D eigenvalue weighted by atomic mass is 10.0. The maximum atomic E-state index is 12.7. The lowest BCUT2D eigenvalue weighted by Crippen LogP contribution is -2.26. The first-order valence-corrected chi connectivity index (χ1v) is 9.41. The molecule has 1 aliphatic heterocycles. The fourth-order valence-electron chi connectivity index (χ4n) is 3.28. The number of fused-ring (bicyclic) bond motifs is 1. The quantitative estimate of drug-likeness (QED) is 0.537. The van der Waals surface area contributed by atoms with E-state index in [2.05, 4.69) is 15.9 Å². The fraction of sp³-hybridized carbons (Fsp3) is 0.350. The van der Waals surface area contributed by atoms with Crippen LogP contribution in [0.4, 0.5) is 5.69 Å². The number of hydrogen-bond donors (Lipinski definition) is 0. The largest absolute Gasteiger partial charge is 0.465 e. The Morgan fingerprint density at radius 1 is 1.22 bits per heavy atom. The van der Waals surface area contributed by atoms with E-state index in [-0.39, 0.29) is 11.7 Å². The van der Waals surface area contributed by atoms with E-state index >= 15 is 0 Å². The molecule has 27 heavy (non-hydrogen) atoms. The zero-order chi connectivity index (χ0) is 19.9. The summed E-state index contributed by atoms with van der Waals surface area (Å²) in [5.41, 5.74) is 2.52. The number of esters is 1. The van der Waals surface area contributed by atoms with Gasteiger partial charge in [0.1, 0.15) is 17.1 Å². The number of hydrogen-bond acceptors (Lipinski definition) is 5. The Morgan fingerprint density at radius 3 is 2.52 bits per heavy atom. The second kappa shape index (κ2) is 7.31. The van der Waals surface area contributed by atoms with E-state index in [1.165, 1.54) is 6.92 Å². The van der Waals surface area contributed by atoms with E-state index in [9.17, 15) is 14.4 Å². The average molecular weight is 434 g/mol. The number of rotatable bonds is 4. The van der Waals surface area contributed by atoms with Crippen molar-refractivity contribution in [2.24, 2.45) is 0 Å². The number of carbonyl (C=O) groups excluding carboxylic acids is 3. The number of anilines is 1. The van der Waals surface area contributed by atoms with Crippen molar-refractivity contribution < 1.29 is 23.5 Å². The summed E-state index contributed by atoms with van der Waals surface area (Å²) in [4.78, 5) is 38.5. The van der Waals surface area contributed by atoms with Crippen LogP contribution in [0.25, 0.3) is 0 Å². The first kappa shape index (κ1) is 19.4. The highest BCUT2D eigenvalue weighted by molar-refractivity contribution is 9.10. The molecule has 1 amide bonds. The highest BCUT2D eigenvalue weighted by atomic mass is 79.9. The molecule has 3 rings (SSSR count). The number of aryl methyl sites for hydroxylation is 2. The minimum absolute atomic E-state index is 0.0218. The number of ketones is 1. The average Bonchev–Trinajstić information content (AvgIpc) is 3.14. The topological polar surface area (TPSA) is 76.8 Å². The summed E-state index contributed by atoms with van der Waals surface area (Å²) in [6.45, 7) is 7.08. The maximum absolute atomic E-state index is 12.7. The molecule has 7 heteroatoms. The van der Waals surface area contributed by atoms with Crippen molar-refractivity contribution in [1.82, 2.24) is 0 Å². The summed E-state index contributed by atoms with van der Waals surface area (Å²) in [6.07, 6.45) is -0.243. The maximum Gasteiger partial charge on any atom is 0.343 e. The van der Waals surface area contributed by atoms with Crippen molar-refractivity contribution in [1.29, 1.82) is 0 Å². The Hall–Kier alpha value is -2.41. The van der Waals surface area contributed by atoms with Gasteiger partial charge in [-0.05, 0) is 66.9 Å². The van der Waals surface area contributed by atoms with Crippen LogP contribution >= 0.6 is 15.9 Å². The van der Waals surface area contributed by atoms with Crippen LogP contribution in [0.5, 0.6) is 0 Å². The number of furan rings is 1. The molecule has 2 aromatic rings. The Balaban J connectivity index is 1.76. The van der Waals surface area contributed by atoms with Gasteiger partial charge in [-0.3, -0.25) is 9.59 Å². The molecule has 0 fully saturated rings. The van der Waals surface area contributed by atoms with Crippen molar-refractivity contribution in [3.05, 3.63) is 50.9 Å². The van der Waals surface area contributed by atoms with E-state index in [0.717, 1.165) is 11.3 Å². The summed E-state index contributed by atoms with van der Waals surface area (Å²) in [5.74, 6) is 0.0897. The third-order valence-corrected chi connectivity index (χ3v) is 5.64. The van der Waals surface area contributed by atoms with Crippen LogP contribution in [0, 0.1) is 13.8 Å². The van der Waals surface area contributed by atoms with E-state index in [1.807, 2.05) is 0 Å². The van der Waals surface area contributed by atoms with Crippen molar-refractivity contribution >= 4 is 39.3 Å². The Kier molecular flexibility index (Phi) is 5.24. The van der Waals surface area contributed by atoms with Gasteiger partial charge in [0.15, 0.2) is 6.10 Å². The molecule has 0 saturated carbocycles. The number of halogens is 1. The number of benzene rings is 1. The summed E-state index contributed by atoms with van der Waals surface area (Å²) in [5, 5.41) is 0. The van der Waals surface area contributed by atoms with Gasteiger partial charge in [0.2, 0.25) is 11.7 Å². The van der Waals surface area contributed by atoms with Crippen molar-refractivity contribution in [3.63, 3.8) is 0 Å². The molecule has 1 aliphatic rings. The molecule has 0 N–H and O–H groups in total. The number of ether oxygens (including phenoxy) is 1. The number of Topliss-reactive ketones (excluding diaryl/α,β-unsaturated/α-hetero) is 1. The van der Waals surface area contributed by atoms with Gasteiger partial charge in [0.05, 0.1) is 4.47 Å². The third-order valence-electron chi connectivity index (χ3n) is 4.68. The van der Waals surface area contributed by atoms with Crippen LogP contribution < -0.4 is 4.90 Å². The smallest absolute Gasteiger partial charge is 0.343 e. The van der Waals surface area contributed by atoms with E-state index in [1.54, 1.807) is 43.9 Å². The highest BCUT2D eigenvalue weighted by Crippen LogP contribution is 2.30. The lowest BCUT2D eigenvalue weighted by molar-refractivity contribution is -0.116. The monoisotopic (exact) mass is 433 g/mol. The van der Waals surface area contributed by atoms with Gasteiger partial charge < -0.3 is 14.1 Å². The zero-order valence-electron chi connectivity index (χ0n) is 15.6. The van der Waals surface area contributed by atoms with Gasteiger partial charge in [0, 0.05) is 24.7 Å². The SMILES string of the molecule is CC(=O)N1CCc2cc(C(=O)[C@@H](C)OC(=O)c3c(C)oc(C)c3Br)ccc21. The van der Waals surface area contributed by atoms with Gasteiger partial charge >= 0.3 is 5.97 Å². The molecular weight excluding hydrogens is 414 g/mol. The summed E-state index contributed by atoms with van der Waals surface area (Å²) < 4.78 is 11.3. The highest BCUT2D eigenvalue weighted by Gasteiger charge is 2.28. The molecule has 2 heterocycles. The van der Waals surface area contributed by atoms with Crippen LogP contribution in [0.1, 0.15) is 51.6 Å². The Labute approximate surface area is 165 Å². The van der Waals surface area contributed by atoms with Gasteiger partial charge in [-0.1, -0.05) is 0 Å². The van der Waals surface area contributed by atoms with Gasteiger partial charge in [-0.2, -0.15) is 0 Å². The second-order valence-corrected chi connectivity index (χ2v) is 7.37. The van der Waals surface area contributed by atoms with E-state index < -0.39 is 12.1 Å². The number of carbonyl (C=O) groups is 3. The lowest BCUT2D eigenvalue weighted by Gasteiger charge is -2.16. The summed E-state index contributed by atoms with van der Waals surface area (Å²) in [6, 6.07) is 5.20. The van der Waals surface area contributed by atoms with Gasteiger partial charge in [0.25, 0.3) is 0 Å². The second-order valence-electron chi connectivity index (χ2n) is 6.58. The molecule has 1 atom stereocenters. The Morgan fingerprint density at radius 2 is 1.93 bits per heavy atom. The molecule has 6 nitrogen and oxygen atoms in total. The number of nitrogens with zero attached hydrogens (tertiary/aromatic N) is 1. The van der Waals surface area contributed by atoms with Crippen LogP contribution in [0.3, 0.4) is 0 Å². The van der Waals surface area contributed by atoms with Crippen molar-refractivity contribution in [2.75, 3.05) is 11.4 Å². The van der Waals surface area contributed by atoms with Crippen molar-refractivity contribution in [2.45, 2.75) is 40.2 Å². The molecule has 0 unspecified atom stereocenters.